The maximum Gasteiger partial charge on any atom is 0.421 e. The Hall–Kier alpha value is -1.76. The topological polar surface area (TPSA) is 84.5 Å². The lowest BCUT2D eigenvalue weighted by molar-refractivity contribution is 0.158. The van der Waals surface area contributed by atoms with Crippen LogP contribution in [-0.2, 0) is 14.8 Å². The molecule has 0 radical (unpaired) electrons. The van der Waals surface area contributed by atoms with Crippen molar-refractivity contribution >= 4 is 21.8 Å². The highest BCUT2D eigenvalue weighted by Crippen LogP contribution is 2.14. The van der Waals surface area contributed by atoms with Gasteiger partial charge >= 0.3 is 6.09 Å². The zero-order valence-corrected chi connectivity index (χ0v) is 11.8. The van der Waals surface area contributed by atoms with Crippen LogP contribution in [0.4, 0.5) is 10.5 Å². The number of hydrogen-bond donors (Lipinski definition) is 2. The summed E-state index contributed by atoms with van der Waals surface area (Å²) in [6.07, 6.45) is 0.000433. The molecule has 1 amide bonds. The zero-order chi connectivity index (χ0) is 14.3. The minimum atomic E-state index is -3.87. The Kier molecular flexibility index (Phi) is 5.62. The van der Waals surface area contributed by atoms with Gasteiger partial charge in [0.05, 0.1) is 11.5 Å². The fourth-order valence-electron chi connectivity index (χ4n) is 1.35. The molecule has 2 N–H and O–H groups in total. The van der Waals surface area contributed by atoms with Gasteiger partial charge in [0.25, 0.3) is 10.0 Å². The van der Waals surface area contributed by atoms with E-state index in [2.05, 4.69) is 10.1 Å². The summed E-state index contributed by atoms with van der Waals surface area (Å²) in [5.41, 5.74) is 0.830. The number of anilines is 1. The van der Waals surface area contributed by atoms with Gasteiger partial charge in [-0.3, -0.25) is 0 Å². The number of nitrogens with one attached hydrogen (secondary N) is 2. The number of ether oxygens (including phenoxy) is 1. The van der Waals surface area contributed by atoms with Gasteiger partial charge in [-0.25, -0.2) is 17.9 Å². The number of hydrogen-bond acceptors (Lipinski definition) is 5. The molecular formula is C12H18N2O4S. The fraction of sp³-hybridized carbons (Fsp3) is 0.417. The summed E-state index contributed by atoms with van der Waals surface area (Å²) < 4.78 is 30.0. The SMILES string of the molecule is CCCNc1ccc(S(=O)(=O)NC(=O)OCC)cc1. The molecule has 1 rings (SSSR count). The molecule has 0 spiro atoms. The third-order valence-electron chi connectivity index (χ3n) is 2.24. The lowest BCUT2D eigenvalue weighted by Gasteiger charge is -2.08. The second kappa shape index (κ2) is 6.98. The Morgan fingerprint density at radius 2 is 1.84 bits per heavy atom. The summed E-state index contributed by atoms with van der Waals surface area (Å²) in [7, 11) is -3.87. The van der Waals surface area contributed by atoms with E-state index in [1.165, 1.54) is 12.1 Å². The molecule has 0 saturated carbocycles. The predicted octanol–water partition coefficient (Wildman–Crippen LogP) is 1.94. The molecule has 7 heteroatoms. The molecule has 0 saturated heterocycles. The number of benzene rings is 1. The predicted molar refractivity (Wildman–Crippen MR) is 72.6 cm³/mol. The molecule has 1 aromatic carbocycles. The Bertz CT molecular complexity index is 511. The summed E-state index contributed by atoms with van der Waals surface area (Å²) in [5.74, 6) is 0. The summed E-state index contributed by atoms with van der Waals surface area (Å²) >= 11 is 0. The molecule has 0 fully saturated rings. The first kappa shape index (κ1) is 15.3. The van der Waals surface area contributed by atoms with E-state index in [4.69, 9.17) is 0 Å². The van der Waals surface area contributed by atoms with E-state index in [1.54, 1.807) is 19.1 Å². The highest BCUT2D eigenvalue weighted by Gasteiger charge is 2.17. The van der Waals surface area contributed by atoms with Crippen molar-refractivity contribution in [3.63, 3.8) is 0 Å². The molecule has 0 aliphatic carbocycles. The average Bonchev–Trinajstić information content (AvgIpc) is 2.36. The summed E-state index contributed by atoms with van der Waals surface area (Å²) in [5, 5.41) is 3.13. The van der Waals surface area contributed by atoms with Gasteiger partial charge < -0.3 is 10.1 Å². The van der Waals surface area contributed by atoms with Crippen molar-refractivity contribution in [2.45, 2.75) is 25.2 Å². The molecule has 6 nitrogen and oxygen atoms in total. The Morgan fingerprint density at radius 1 is 1.21 bits per heavy atom. The van der Waals surface area contributed by atoms with Gasteiger partial charge in [0.2, 0.25) is 0 Å². The van der Waals surface area contributed by atoms with Gasteiger partial charge in [-0.05, 0) is 37.6 Å². The highest BCUT2D eigenvalue weighted by molar-refractivity contribution is 7.90. The summed E-state index contributed by atoms with van der Waals surface area (Å²) in [6, 6.07) is 6.16. The van der Waals surface area contributed by atoms with Crippen molar-refractivity contribution in [1.82, 2.24) is 4.72 Å². The van der Waals surface area contributed by atoms with Crippen molar-refractivity contribution < 1.29 is 17.9 Å². The zero-order valence-electron chi connectivity index (χ0n) is 11.0. The minimum absolute atomic E-state index is 0.0163. The van der Waals surface area contributed by atoms with Gasteiger partial charge in [-0.15, -0.1) is 0 Å². The van der Waals surface area contributed by atoms with E-state index in [0.717, 1.165) is 18.7 Å². The maximum absolute atomic E-state index is 11.8. The standard InChI is InChI=1S/C12H18N2O4S/c1-3-9-13-10-5-7-11(8-6-10)19(16,17)14-12(15)18-4-2/h5-8,13H,3-4,9H2,1-2H3,(H,14,15). The van der Waals surface area contributed by atoms with Crippen LogP contribution in [0.5, 0.6) is 0 Å². The van der Waals surface area contributed by atoms with Crippen molar-refractivity contribution in [3.8, 4) is 0 Å². The first-order valence-electron chi connectivity index (χ1n) is 6.03. The number of carbonyl (C=O) groups excluding carboxylic acids is 1. The second-order valence-electron chi connectivity index (χ2n) is 3.78. The van der Waals surface area contributed by atoms with Crippen LogP contribution in [-0.4, -0.2) is 27.7 Å². The molecule has 1 aromatic rings. The van der Waals surface area contributed by atoms with Crippen LogP contribution in [0.15, 0.2) is 29.2 Å². The van der Waals surface area contributed by atoms with Gasteiger partial charge in [0.1, 0.15) is 0 Å². The Balaban J connectivity index is 2.76. The van der Waals surface area contributed by atoms with E-state index in [-0.39, 0.29) is 11.5 Å². The van der Waals surface area contributed by atoms with Crippen LogP contribution < -0.4 is 10.0 Å². The number of amides is 1. The summed E-state index contributed by atoms with van der Waals surface area (Å²) in [6.45, 7) is 4.56. The van der Waals surface area contributed by atoms with Crippen LogP contribution in [0, 0.1) is 0 Å². The quantitative estimate of drug-likeness (QED) is 0.835. The minimum Gasteiger partial charge on any atom is -0.449 e. The molecule has 0 unspecified atom stereocenters. The Labute approximate surface area is 113 Å². The number of carbonyl (C=O) groups is 1. The third kappa shape index (κ3) is 4.78. The van der Waals surface area contributed by atoms with Crippen molar-refractivity contribution in [2.24, 2.45) is 0 Å². The van der Waals surface area contributed by atoms with Crippen LogP contribution in [0.25, 0.3) is 0 Å². The first-order chi connectivity index (χ1) is 8.99. The molecule has 0 heterocycles. The van der Waals surface area contributed by atoms with Gasteiger partial charge in [-0.2, -0.15) is 0 Å². The molecule has 106 valence electrons. The summed E-state index contributed by atoms with van der Waals surface area (Å²) in [4.78, 5) is 11.1. The molecular weight excluding hydrogens is 268 g/mol. The average molecular weight is 286 g/mol. The number of sulfonamides is 1. The largest absolute Gasteiger partial charge is 0.449 e. The lowest BCUT2D eigenvalue weighted by Crippen LogP contribution is -2.31. The van der Waals surface area contributed by atoms with Crippen LogP contribution >= 0.6 is 0 Å². The molecule has 0 aromatic heterocycles. The van der Waals surface area contributed by atoms with Crippen molar-refractivity contribution in [3.05, 3.63) is 24.3 Å². The molecule has 0 aliphatic rings. The van der Waals surface area contributed by atoms with Crippen LogP contribution in [0.3, 0.4) is 0 Å². The van der Waals surface area contributed by atoms with Gasteiger partial charge in [0, 0.05) is 12.2 Å². The van der Waals surface area contributed by atoms with Crippen LogP contribution in [0.1, 0.15) is 20.3 Å². The molecule has 0 aliphatic heterocycles. The molecule has 0 atom stereocenters. The van der Waals surface area contributed by atoms with E-state index >= 15 is 0 Å². The van der Waals surface area contributed by atoms with Crippen molar-refractivity contribution in [1.29, 1.82) is 0 Å². The monoisotopic (exact) mass is 286 g/mol. The number of rotatable bonds is 6. The maximum atomic E-state index is 11.8. The van der Waals surface area contributed by atoms with E-state index < -0.39 is 16.1 Å². The van der Waals surface area contributed by atoms with Crippen molar-refractivity contribution in [2.75, 3.05) is 18.5 Å². The van der Waals surface area contributed by atoms with Gasteiger partial charge in [0.15, 0.2) is 0 Å². The smallest absolute Gasteiger partial charge is 0.421 e. The van der Waals surface area contributed by atoms with Crippen LogP contribution in [0.2, 0.25) is 0 Å². The lowest BCUT2D eigenvalue weighted by atomic mass is 10.3. The Morgan fingerprint density at radius 3 is 2.37 bits per heavy atom. The third-order valence-corrected chi connectivity index (χ3v) is 3.57. The van der Waals surface area contributed by atoms with E-state index in [0.29, 0.717) is 0 Å². The normalized spacial score (nSPS) is 10.8. The van der Waals surface area contributed by atoms with Gasteiger partial charge in [-0.1, -0.05) is 6.92 Å². The highest BCUT2D eigenvalue weighted by atomic mass is 32.2. The molecule has 19 heavy (non-hydrogen) atoms. The first-order valence-corrected chi connectivity index (χ1v) is 7.51. The van der Waals surface area contributed by atoms with E-state index in [9.17, 15) is 13.2 Å². The van der Waals surface area contributed by atoms with E-state index in [1.807, 2.05) is 11.6 Å². The fourth-order valence-corrected chi connectivity index (χ4v) is 2.24. The molecule has 0 bridgehead atoms. The second-order valence-corrected chi connectivity index (χ2v) is 5.46.